The average molecular weight is 337 g/mol. The van der Waals surface area contributed by atoms with Crippen LogP contribution in [-0.4, -0.2) is 17.6 Å². The summed E-state index contributed by atoms with van der Waals surface area (Å²) < 4.78 is 37.7. The van der Waals surface area contributed by atoms with Gasteiger partial charge in [0.2, 0.25) is 0 Å². The number of hydrogen-bond acceptors (Lipinski definition) is 2. The maximum absolute atomic E-state index is 12.6. The third-order valence-corrected chi connectivity index (χ3v) is 2.61. The molecule has 1 rings (SSSR count). The van der Waals surface area contributed by atoms with Gasteiger partial charge in [-0.15, -0.1) is 0 Å². The van der Waals surface area contributed by atoms with E-state index in [1.54, 1.807) is 0 Å². The fourth-order valence-electron chi connectivity index (χ4n) is 1.19. The molecule has 0 spiro atoms. The minimum absolute atomic E-state index is 0.0274. The van der Waals surface area contributed by atoms with E-state index < -0.39 is 24.2 Å². The van der Waals surface area contributed by atoms with Crippen molar-refractivity contribution in [2.45, 2.75) is 6.18 Å². The van der Waals surface area contributed by atoms with Crippen molar-refractivity contribution >= 4 is 40.5 Å². The Morgan fingerprint density at radius 1 is 1.38 bits per heavy atom. The van der Waals surface area contributed by atoms with Gasteiger partial charge in [0.05, 0.1) is 16.3 Å². The Morgan fingerprint density at radius 2 is 2.05 bits per heavy atom. The van der Waals surface area contributed by atoms with E-state index in [2.05, 4.69) is 21.0 Å². The SMILES string of the molecule is [C-]#[N+]CC(=O)NNC(=S)Nc1cc(C(F)(F)F)ccc1Cl. The lowest BCUT2D eigenvalue weighted by Crippen LogP contribution is -2.44. The maximum Gasteiger partial charge on any atom is 0.416 e. The van der Waals surface area contributed by atoms with Gasteiger partial charge in [0.25, 0.3) is 6.54 Å². The summed E-state index contributed by atoms with van der Waals surface area (Å²) in [6, 6.07) is 2.70. The van der Waals surface area contributed by atoms with Gasteiger partial charge in [0.15, 0.2) is 5.11 Å². The number of nitrogens with zero attached hydrogens (tertiary/aromatic N) is 1. The highest BCUT2D eigenvalue weighted by Gasteiger charge is 2.31. The van der Waals surface area contributed by atoms with Crippen LogP contribution in [0.3, 0.4) is 0 Å². The predicted molar refractivity (Wildman–Crippen MR) is 75.4 cm³/mol. The van der Waals surface area contributed by atoms with Crippen molar-refractivity contribution in [3.05, 3.63) is 40.2 Å². The molecule has 0 fully saturated rings. The zero-order valence-electron chi connectivity index (χ0n) is 10.2. The van der Waals surface area contributed by atoms with E-state index >= 15 is 0 Å². The molecule has 5 nitrogen and oxygen atoms in total. The first-order valence-electron chi connectivity index (χ1n) is 5.30. The van der Waals surface area contributed by atoms with Crippen molar-refractivity contribution < 1.29 is 18.0 Å². The summed E-state index contributed by atoms with van der Waals surface area (Å²) in [6.45, 7) is 6.07. The van der Waals surface area contributed by atoms with Crippen LogP contribution >= 0.6 is 23.8 Å². The molecular weight excluding hydrogens is 329 g/mol. The number of thiocarbonyl (C=S) groups is 1. The second-order valence-electron chi connectivity index (χ2n) is 3.64. The minimum Gasteiger partial charge on any atom is -0.330 e. The lowest BCUT2D eigenvalue weighted by atomic mass is 10.2. The Hall–Kier alpha value is -2.05. The van der Waals surface area contributed by atoms with Crippen LogP contribution in [-0.2, 0) is 11.0 Å². The average Bonchev–Trinajstić information content (AvgIpc) is 2.38. The molecule has 0 heterocycles. The van der Waals surface area contributed by atoms with Gasteiger partial charge in [0.1, 0.15) is 0 Å². The molecule has 0 bridgehead atoms. The monoisotopic (exact) mass is 336 g/mol. The Balaban J connectivity index is 2.72. The Labute approximate surface area is 128 Å². The van der Waals surface area contributed by atoms with Gasteiger partial charge in [-0.2, -0.15) is 13.2 Å². The molecule has 0 saturated heterocycles. The van der Waals surface area contributed by atoms with Gasteiger partial charge in [-0.25, -0.2) is 6.57 Å². The number of anilines is 1. The summed E-state index contributed by atoms with van der Waals surface area (Å²) >= 11 is 10.5. The highest BCUT2D eigenvalue weighted by Crippen LogP contribution is 2.33. The largest absolute Gasteiger partial charge is 0.416 e. The smallest absolute Gasteiger partial charge is 0.330 e. The first-order valence-corrected chi connectivity index (χ1v) is 6.08. The Bertz CT molecular complexity index is 600. The molecule has 0 unspecified atom stereocenters. The van der Waals surface area contributed by atoms with Crippen molar-refractivity contribution in [1.82, 2.24) is 10.9 Å². The van der Waals surface area contributed by atoms with Gasteiger partial charge in [0, 0.05) is 0 Å². The number of halogens is 4. The number of nitrogens with one attached hydrogen (secondary N) is 3. The van der Waals surface area contributed by atoms with Gasteiger partial charge in [-0.3, -0.25) is 15.6 Å². The van der Waals surface area contributed by atoms with E-state index in [4.69, 9.17) is 30.4 Å². The van der Waals surface area contributed by atoms with Crippen molar-refractivity contribution in [1.29, 1.82) is 0 Å². The highest BCUT2D eigenvalue weighted by atomic mass is 35.5. The van der Waals surface area contributed by atoms with Gasteiger partial charge < -0.3 is 10.2 Å². The maximum atomic E-state index is 12.6. The number of rotatable bonds is 2. The molecule has 0 aliphatic heterocycles. The molecule has 0 atom stereocenters. The van der Waals surface area contributed by atoms with Crippen molar-refractivity contribution in [2.24, 2.45) is 0 Å². The summed E-state index contributed by atoms with van der Waals surface area (Å²) in [5.41, 5.74) is 3.37. The van der Waals surface area contributed by atoms with E-state index in [9.17, 15) is 18.0 Å². The normalized spacial score (nSPS) is 10.4. The lowest BCUT2D eigenvalue weighted by molar-refractivity contribution is -0.137. The van der Waals surface area contributed by atoms with Gasteiger partial charge in [-0.05, 0) is 30.4 Å². The second-order valence-corrected chi connectivity index (χ2v) is 4.45. The van der Waals surface area contributed by atoms with E-state index in [-0.39, 0.29) is 15.8 Å². The number of hydrazine groups is 1. The standard InChI is InChI=1S/C11H8ClF3N4OS/c1-16-5-9(20)18-19-10(21)17-8-4-6(11(13,14)15)2-3-7(8)12/h2-4H,5H2,(H,18,20)(H2,17,19,21). The van der Waals surface area contributed by atoms with Crippen molar-refractivity contribution in [2.75, 3.05) is 11.9 Å². The van der Waals surface area contributed by atoms with E-state index in [0.29, 0.717) is 0 Å². The molecule has 1 amide bonds. The molecule has 0 aromatic heterocycles. The molecule has 10 heteroatoms. The van der Waals surface area contributed by atoms with E-state index in [1.807, 2.05) is 0 Å². The number of benzene rings is 1. The number of hydrogen-bond donors (Lipinski definition) is 3. The van der Waals surface area contributed by atoms with Crippen LogP contribution in [0.2, 0.25) is 5.02 Å². The second kappa shape index (κ2) is 7.10. The summed E-state index contributed by atoms with van der Waals surface area (Å²) in [7, 11) is 0. The number of alkyl halides is 3. The van der Waals surface area contributed by atoms with Crippen molar-refractivity contribution in [3.8, 4) is 0 Å². The third kappa shape index (κ3) is 5.45. The van der Waals surface area contributed by atoms with E-state index in [1.165, 1.54) is 0 Å². The summed E-state index contributed by atoms with van der Waals surface area (Å²) in [5, 5.41) is 2.27. The molecule has 1 aromatic rings. The predicted octanol–water partition coefficient (Wildman–Crippen LogP) is 2.60. The van der Waals surface area contributed by atoms with Crippen molar-refractivity contribution in [3.63, 3.8) is 0 Å². The number of amides is 1. The molecule has 3 N–H and O–H groups in total. The van der Waals surface area contributed by atoms with Crippen LogP contribution in [0.1, 0.15) is 5.56 Å². The minimum atomic E-state index is -4.51. The summed E-state index contributed by atoms with van der Waals surface area (Å²) in [4.78, 5) is 13.8. The molecule has 0 aliphatic rings. The van der Waals surface area contributed by atoms with Crippen LogP contribution in [0.15, 0.2) is 18.2 Å². The Kier molecular flexibility index (Phi) is 5.75. The molecule has 21 heavy (non-hydrogen) atoms. The van der Waals surface area contributed by atoms with Crippen LogP contribution in [0, 0.1) is 6.57 Å². The third-order valence-electron chi connectivity index (χ3n) is 2.08. The summed E-state index contributed by atoms with van der Waals surface area (Å²) in [6.07, 6.45) is -4.51. The molecule has 1 aromatic carbocycles. The molecule has 0 aliphatic carbocycles. The highest BCUT2D eigenvalue weighted by molar-refractivity contribution is 7.80. The first-order chi connectivity index (χ1) is 9.74. The molecule has 112 valence electrons. The number of carbonyl (C=O) groups excluding carboxylic acids is 1. The Morgan fingerprint density at radius 3 is 2.62 bits per heavy atom. The topological polar surface area (TPSA) is 57.5 Å². The fraction of sp³-hybridized carbons (Fsp3) is 0.182. The lowest BCUT2D eigenvalue weighted by Gasteiger charge is -2.14. The zero-order chi connectivity index (χ0) is 16.0. The first kappa shape index (κ1) is 17.0. The molecule has 0 saturated carbocycles. The summed E-state index contributed by atoms with van der Waals surface area (Å²) in [5.74, 6) is -0.635. The molecule has 0 radical (unpaired) electrons. The van der Waals surface area contributed by atoms with Crippen LogP contribution in [0.5, 0.6) is 0 Å². The van der Waals surface area contributed by atoms with Crippen LogP contribution in [0.25, 0.3) is 4.85 Å². The number of carbonyl (C=O) groups is 1. The zero-order valence-corrected chi connectivity index (χ0v) is 11.8. The van der Waals surface area contributed by atoms with E-state index in [0.717, 1.165) is 18.2 Å². The molecular formula is C11H8ClF3N4OS. The van der Waals surface area contributed by atoms with Gasteiger partial charge in [-0.1, -0.05) is 11.6 Å². The van der Waals surface area contributed by atoms with Crippen LogP contribution < -0.4 is 16.2 Å². The van der Waals surface area contributed by atoms with Crippen LogP contribution in [0.4, 0.5) is 18.9 Å². The fourth-order valence-corrected chi connectivity index (χ4v) is 1.51. The quantitative estimate of drug-likeness (QED) is 0.441. The van der Waals surface area contributed by atoms with Gasteiger partial charge >= 0.3 is 12.1 Å².